The van der Waals surface area contributed by atoms with Crippen LogP contribution in [0.1, 0.15) is 33.7 Å². The van der Waals surface area contributed by atoms with Gasteiger partial charge in [0.15, 0.2) is 5.69 Å². The average molecular weight is 303 g/mol. The molecule has 0 aliphatic heterocycles. The fraction of sp³-hybridized carbons (Fsp3) is 0.412. The van der Waals surface area contributed by atoms with Crippen LogP contribution < -0.4 is 9.73 Å². The van der Waals surface area contributed by atoms with Crippen molar-refractivity contribution in [1.82, 2.24) is 5.16 Å². The summed E-state index contributed by atoms with van der Waals surface area (Å²) in [5.74, 6) is 2.29. The smallest absolute Gasteiger partial charge is 0.374 e. The number of benzene rings is 1. The zero-order chi connectivity index (χ0) is 16.4. The number of methoxy groups -OCH3 is 2. The predicted molar refractivity (Wildman–Crippen MR) is 84.9 cm³/mol. The molecule has 22 heavy (non-hydrogen) atoms. The summed E-state index contributed by atoms with van der Waals surface area (Å²) in [4.78, 5) is 3.31. The van der Waals surface area contributed by atoms with E-state index in [-0.39, 0.29) is 0 Å². The normalized spacial score (nSPS) is 11.7. The minimum absolute atomic E-state index is 0.676. The van der Waals surface area contributed by atoms with E-state index < -0.39 is 0 Å². The van der Waals surface area contributed by atoms with E-state index >= 15 is 0 Å². The maximum absolute atomic E-state index is 5.61. The Bertz CT molecular complexity index is 710. The molecule has 2 aromatic rings. The first-order valence-corrected chi connectivity index (χ1v) is 7.16. The molecule has 0 aliphatic rings. The van der Waals surface area contributed by atoms with E-state index in [0.29, 0.717) is 5.90 Å². The number of rotatable bonds is 3. The molecule has 0 atom stereocenters. The van der Waals surface area contributed by atoms with Crippen LogP contribution in [0.3, 0.4) is 0 Å². The maximum Gasteiger partial charge on any atom is 0.374 e. The fourth-order valence-electron chi connectivity index (χ4n) is 2.60. The first-order valence-electron chi connectivity index (χ1n) is 7.16. The molecular formula is C17H23N2O3+. The molecule has 5 nitrogen and oxygen atoms in total. The van der Waals surface area contributed by atoms with Crippen molar-refractivity contribution in [3.8, 4) is 5.75 Å². The lowest BCUT2D eigenvalue weighted by Crippen LogP contribution is -2.68. The lowest BCUT2D eigenvalue weighted by molar-refractivity contribution is -0.367. The van der Waals surface area contributed by atoms with Crippen molar-refractivity contribution in [2.24, 2.45) is 0 Å². The van der Waals surface area contributed by atoms with Gasteiger partial charge in [-0.1, -0.05) is 5.16 Å². The molecule has 5 heteroatoms. The number of hydrogen-bond acceptors (Lipinski definition) is 4. The number of ether oxygens (including phenoxy) is 2. The molecule has 1 N–H and O–H groups in total. The number of hydrogen-bond donors (Lipinski definition) is 1. The molecule has 0 saturated heterocycles. The van der Waals surface area contributed by atoms with Crippen LogP contribution in [0.25, 0.3) is 0 Å². The number of nitrogens with one attached hydrogen (secondary N) is 1. The Morgan fingerprint density at radius 3 is 2.27 bits per heavy atom. The van der Waals surface area contributed by atoms with E-state index in [4.69, 9.17) is 14.0 Å². The second-order valence-electron chi connectivity index (χ2n) is 5.38. The van der Waals surface area contributed by atoms with Crippen LogP contribution in [-0.4, -0.2) is 25.3 Å². The monoisotopic (exact) mass is 303 g/mol. The summed E-state index contributed by atoms with van der Waals surface area (Å²) < 4.78 is 16.2. The quantitative estimate of drug-likeness (QED) is 0.696. The van der Waals surface area contributed by atoms with Crippen molar-refractivity contribution in [3.63, 3.8) is 0 Å². The molecule has 0 fully saturated rings. The Morgan fingerprint density at radius 2 is 1.77 bits per heavy atom. The van der Waals surface area contributed by atoms with Gasteiger partial charge in [-0.15, -0.1) is 0 Å². The van der Waals surface area contributed by atoms with Crippen molar-refractivity contribution in [1.29, 1.82) is 0 Å². The van der Waals surface area contributed by atoms with E-state index in [0.717, 1.165) is 45.1 Å². The third-order valence-electron chi connectivity index (χ3n) is 3.97. The summed E-state index contributed by atoms with van der Waals surface area (Å²) >= 11 is 0. The predicted octanol–water partition coefficient (Wildman–Crippen LogP) is 2.03. The second kappa shape index (κ2) is 6.22. The highest BCUT2D eigenvalue weighted by molar-refractivity contribution is 5.94. The molecule has 2 rings (SSSR count). The van der Waals surface area contributed by atoms with E-state index in [9.17, 15) is 0 Å². The van der Waals surface area contributed by atoms with Gasteiger partial charge in [0.25, 0.3) is 5.69 Å². The van der Waals surface area contributed by atoms with Crippen LogP contribution in [0.2, 0.25) is 0 Å². The fourth-order valence-corrected chi connectivity index (χ4v) is 2.60. The van der Waals surface area contributed by atoms with Gasteiger partial charge in [0.05, 0.1) is 19.8 Å². The summed E-state index contributed by atoms with van der Waals surface area (Å²) in [7, 11) is 3.34. The Labute approximate surface area is 130 Å². The first kappa shape index (κ1) is 16.1. The highest BCUT2D eigenvalue weighted by Gasteiger charge is 2.23. The average Bonchev–Trinajstić information content (AvgIpc) is 2.81. The first-order chi connectivity index (χ1) is 10.4. The number of aromatic nitrogens is 1. The van der Waals surface area contributed by atoms with Gasteiger partial charge in [0.1, 0.15) is 5.75 Å². The van der Waals surface area contributed by atoms with Gasteiger partial charge in [-0.3, -0.25) is 0 Å². The second-order valence-corrected chi connectivity index (χ2v) is 5.38. The van der Waals surface area contributed by atoms with Gasteiger partial charge in [-0.25, -0.2) is 0 Å². The van der Waals surface area contributed by atoms with Gasteiger partial charge in [-0.05, 0) is 50.5 Å². The zero-order valence-electron chi connectivity index (χ0n) is 14.2. The molecular weight excluding hydrogens is 280 g/mol. The largest absolute Gasteiger partial charge is 0.496 e. The van der Waals surface area contributed by atoms with E-state index in [2.05, 4.69) is 17.1 Å². The molecule has 1 aromatic carbocycles. The Kier molecular flexibility index (Phi) is 4.54. The van der Waals surface area contributed by atoms with E-state index in [1.165, 1.54) is 0 Å². The van der Waals surface area contributed by atoms with E-state index in [1.54, 1.807) is 14.2 Å². The van der Waals surface area contributed by atoms with Crippen LogP contribution >= 0.6 is 0 Å². The van der Waals surface area contributed by atoms with Crippen LogP contribution in [-0.2, 0) is 4.74 Å². The SMILES string of the molecule is COC(=[NH+]c1c(C)noc1C)c1c(C)cc(OC)c(C)c1C. The van der Waals surface area contributed by atoms with Crippen molar-refractivity contribution in [2.75, 3.05) is 14.2 Å². The topological polar surface area (TPSA) is 58.5 Å². The van der Waals surface area contributed by atoms with Crippen molar-refractivity contribution in [2.45, 2.75) is 34.6 Å². The summed E-state index contributed by atoms with van der Waals surface area (Å²) in [6.07, 6.45) is 0. The number of nitrogens with zero attached hydrogens (tertiary/aromatic N) is 1. The molecule has 118 valence electrons. The summed E-state index contributed by atoms with van der Waals surface area (Å²) in [6, 6.07) is 2.02. The minimum Gasteiger partial charge on any atom is -0.496 e. The number of aryl methyl sites for hydroxylation is 3. The van der Waals surface area contributed by atoms with Gasteiger partial charge in [0, 0.05) is 6.92 Å². The molecule has 0 unspecified atom stereocenters. The van der Waals surface area contributed by atoms with Crippen molar-refractivity contribution in [3.05, 3.63) is 39.8 Å². The van der Waals surface area contributed by atoms with Crippen LogP contribution in [0, 0.1) is 34.6 Å². The lowest BCUT2D eigenvalue weighted by Gasteiger charge is -2.14. The third kappa shape index (κ3) is 2.71. The molecule has 0 bridgehead atoms. The van der Waals surface area contributed by atoms with Gasteiger partial charge < -0.3 is 14.0 Å². The Hall–Kier alpha value is -2.30. The molecule has 0 amide bonds. The van der Waals surface area contributed by atoms with Gasteiger partial charge in [-0.2, -0.15) is 4.99 Å². The van der Waals surface area contributed by atoms with Gasteiger partial charge in [0.2, 0.25) is 5.76 Å². The highest BCUT2D eigenvalue weighted by atomic mass is 16.5. The summed E-state index contributed by atoms with van der Waals surface area (Å²) in [6.45, 7) is 9.91. The molecule has 0 radical (unpaired) electrons. The molecule has 0 saturated carbocycles. The third-order valence-corrected chi connectivity index (χ3v) is 3.97. The van der Waals surface area contributed by atoms with Crippen molar-refractivity contribution < 1.29 is 19.0 Å². The van der Waals surface area contributed by atoms with Gasteiger partial charge >= 0.3 is 5.90 Å². The standard InChI is InChI=1S/C17H22N2O3/c1-9-8-14(20-6)10(2)11(3)15(9)17(21-7)18-16-12(4)19-22-13(16)5/h8H,1-7H3/p+1. The Morgan fingerprint density at radius 1 is 1.09 bits per heavy atom. The van der Waals surface area contributed by atoms with Crippen LogP contribution in [0.4, 0.5) is 5.69 Å². The highest BCUT2D eigenvalue weighted by Crippen LogP contribution is 2.27. The van der Waals surface area contributed by atoms with Crippen LogP contribution in [0.15, 0.2) is 10.6 Å². The Balaban J connectivity index is 2.65. The molecule has 1 aromatic heterocycles. The minimum atomic E-state index is 0.676. The summed E-state index contributed by atoms with van der Waals surface area (Å²) in [5.41, 5.74) is 5.96. The maximum atomic E-state index is 5.61. The molecule has 0 spiro atoms. The lowest BCUT2D eigenvalue weighted by atomic mass is 9.97. The van der Waals surface area contributed by atoms with Crippen LogP contribution in [0.5, 0.6) is 5.75 Å². The molecule has 1 heterocycles. The zero-order valence-corrected chi connectivity index (χ0v) is 14.2. The molecule has 0 aliphatic carbocycles. The van der Waals surface area contributed by atoms with E-state index in [1.807, 2.05) is 33.8 Å². The van der Waals surface area contributed by atoms with Crippen molar-refractivity contribution >= 4 is 11.6 Å². The summed E-state index contributed by atoms with van der Waals surface area (Å²) in [5, 5.41) is 3.96.